The summed E-state index contributed by atoms with van der Waals surface area (Å²) in [6.07, 6.45) is 0. The van der Waals surface area contributed by atoms with Gasteiger partial charge in [0.1, 0.15) is 10.5 Å². The quantitative estimate of drug-likeness (QED) is 0.848. The van der Waals surface area contributed by atoms with Crippen molar-refractivity contribution < 1.29 is 9.90 Å². The van der Waals surface area contributed by atoms with E-state index in [2.05, 4.69) is 0 Å². The molecule has 1 N–H and O–H groups in total. The maximum atomic E-state index is 11.2. The maximum absolute atomic E-state index is 11.2. The first-order chi connectivity index (χ1) is 7.04. The van der Waals surface area contributed by atoms with Gasteiger partial charge >= 0.3 is 5.97 Å². The highest BCUT2D eigenvalue weighted by Crippen LogP contribution is 2.32. The van der Waals surface area contributed by atoms with E-state index < -0.39 is 5.97 Å². The zero-order valence-corrected chi connectivity index (χ0v) is 9.76. The fraction of sp³-hybridized carbons (Fsp3) is 0.364. The molecule has 80 valence electrons. The average Bonchev–Trinajstić information content (AvgIpc) is 2.66. The van der Waals surface area contributed by atoms with Gasteiger partial charge in [0.15, 0.2) is 0 Å². The molecule has 15 heavy (non-hydrogen) atoms. The number of carboxylic acids is 1. The Bertz CT molecular complexity index is 522. The van der Waals surface area contributed by atoms with E-state index in [0.717, 1.165) is 15.8 Å². The molecule has 0 spiro atoms. The second-order valence-corrected chi connectivity index (χ2v) is 4.78. The molecule has 0 aromatic carbocycles. The highest BCUT2D eigenvalue weighted by atomic mass is 32.1. The van der Waals surface area contributed by atoms with Gasteiger partial charge in [0.2, 0.25) is 0 Å². The molecule has 0 aliphatic rings. The molecule has 0 aliphatic heterocycles. The number of thiophene rings is 1. The number of nitrogens with zero attached hydrogens (tertiary/aromatic N) is 1. The molecule has 0 atom stereocenters. The number of carbonyl (C=O) groups is 1. The first-order valence-corrected chi connectivity index (χ1v) is 5.73. The van der Waals surface area contributed by atoms with Crippen LogP contribution in [0.2, 0.25) is 0 Å². The highest BCUT2D eigenvalue weighted by molar-refractivity contribution is 7.16. The summed E-state index contributed by atoms with van der Waals surface area (Å²) in [5.41, 5.74) is 1.29. The van der Waals surface area contributed by atoms with Gasteiger partial charge in [0, 0.05) is 11.4 Å². The van der Waals surface area contributed by atoms with Crippen molar-refractivity contribution >= 4 is 27.5 Å². The molecule has 0 bridgehead atoms. The predicted molar refractivity (Wildman–Crippen MR) is 61.9 cm³/mol. The van der Waals surface area contributed by atoms with Crippen molar-refractivity contribution in [1.82, 2.24) is 4.57 Å². The number of hydrogen-bond acceptors (Lipinski definition) is 2. The number of aromatic carboxylic acids is 1. The van der Waals surface area contributed by atoms with E-state index in [-0.39, 0.29) is 6.04 Å². The lowest BCUT2D eigenvalue weighted by Gasteiger charge is -2.11. The zero-order valence-electron chi connectivity index (χ0n) is 8.94. The number of carboxylic acid groups (broad SMARTS) is 1. The Hall–Kier alpha value is -1.29. The van der Waals surface area contributed by atoms with Gasteiger partial charge < -0.3 is 9.67 Å². The molecule has 0 saturated carbocycles. The zero-order chi connectivity index (χ0) is 11.2. The summed E-state index contributed by atoms with van der Waals surface area (Å²) in [6, 6.07) is 2.16. The fourth-order valence-electron chi connectivity index (χ4n) is 1.94. The van der Waals surface area contributed by atoms with Crippen LogP contribution in [-0.4, -0.2) is 15.6 Å². The molecule has 0 saturated heterocycles. The van der Waals surface area contributed by atoms with Crippen LogP contribution in [0, 0.1) is 6.92 Å². The van der Waals surface area contributed by atoms with Crippen molar-refractivity contribution in [3.63, 3.8) is 0 Å². The molecule has 2 heterocycles. The van der Waals surface area contributed by atoms with E-state index in [9.17, 15) is 9.90 Å². The third-order valence-electron chi connectivity index (χ3n) is 2.58. The molecular formula is C11H13NO2S. The normalized spacial score (nSPS) is 11.5. The van der Waals surface area contributed by atoms with E-state index >= 15 is 0 Å². The second-order valence-electron chi connectivity index (χ2n) is 3.88. The van der Waals surface area contributed by atoms with Gasteiger partial charge in [-0.3, -0.25) is 0 Å². The van der Waals surface area contributed by atoms with Crippen LogP contribution in [0.15, 0.2) is 11.4 Å². The summed E-state index contributed by atoms with van der Waals surface area (Å²) in [4.78, 5) is 12.3. The Morgan fingerprint density at radius 3 is 2.73 bits per heavy atom. The molecule has 0 fully saturated rings. The number of hydrogen-bond donors (Lipinski definition) is 1. The third-order valence-corrected chi connectivity index (χ3v) is 3.49. The standard InChI is InChI=1S/C11H13NO2S/c1-6(2)12-9(11(13)14)7(3)8-4-5-15-10(8)12/h4-6H,1-3H3,(H,13,14). The summed E-state index contributed by atoms with van der Waals surface area (Å²) in [5, 5.41) is 12.3. The van der Waals surface area contributed by atoms with E-state index in [1.165, 1.54) is 0 Å². The lowest BCUT2D eigenvalue weighted by atomic mass is 10.2. The van der Waals surface area contributed by atoms with Crippen LogP contribution < -0.4 is 0 Å². The molecule has 3 nitrogen and oxygen atoms in total. The van der Waals surface area contributed by atoms with Gasteiger partial charge in [0.25, 0.3) is 0 Å². The summed E-state index contributed by atoms with van der Waals surface area (Å²) in [5.74, 6) is -0.843. The molecule has 2 aromatic heterocycles. The number of aromatic nitrogens is 1. The van der Waals surface area contributed by atoms with Crippen LogP contribution in [-0.2, 0) is 0 Å². The molecular weight excluding hydrogens is 210 g/mol. The van der Waals surface area contributed by atoms with Gasteiger partial charge in [0.05, 0.1) is 0 Å². The number of fused-ring (bicyclic) bond motifs is 1. The van der Waals surface area contributed by atoms with Gasteiger partial charge in [-0.1, -0.05) is 0 Å². The SMILES string of the molecule is Cc1c(C(=O)O)n(C(C)C)c2sccc12. The van der Waals surface area contributed by atoms with Gasteiger partial charge in [-0.2, -0.15) is 0 Å². The minimum absolute atomic E-state index is 0.172. The topological polar surface area (TPSA) is 42.2 Å². The van der Waals surface area contributed by atoms with Crippen LogP contribution in [0.5, 0.6) is 0 Å². The van der Waals surface area contributed by atoms with E-state index in [4.69, 9.17) is 0 Å². The number of aryl methyl sites for hydroxylation is 1. The van der Waals surface area contributed by atoms with Gasteiger partial charge in [-0.15, -0.1) is 11.3 Å². The lowest BCUT2D eigenvalue weighted by molar-refractivity contribution is 0.0683. The Labute approximate surface area is 92.0 Å². The summed E-state index contributed by atoms with van der Waals surface area (Å²) in [7, 11) is 0. The van der Waals surface area contributed by atoms with E-state index in [0.29, 0.717) is 5.69 Å². The molecule has 4 heteroatoms. The van der Waals surface area contributed by atoms with Crippen molar-refractivity contribution in [2.24, 2.45) is 0 Å². The van der Waals surface area contributed by atoms with E-state index in [1.54, 1.807) is 11.3 Å². The Balaban J connectivity index is 2.87. The van der Waals surface area contributed by atoms with Gasteiger partial charge in [-0.25, -0.2) is 4.79 Å². The second kappa shape index (κ2) is 3.38. The number of rotatable bonds is 2. The first-order valence-electron chi connectivity index (χ1n) is 4.85. The Kier molecular flexibility index (Phi) is 2.31. The van der Waals surface area contributed by atoms with Gasteiger partial charge in [-0.05, 0) is 37.8 Å². The molecule has 2 rings (SSSR count). The maximum Gasteiger partial charge on any atom is 0.352 e. The van der Waals surface area contributed by atoms with Crippen molar-refractivity contribution in [1.29, 1.82) is 0 Å². The minimum Gasteiger partial charge on any atom is -0.477 e. The predicted octanol–water partition coefficient (Wildman–Crippen LogP) is 3.29. The monoisotopic (exact) mass is 223 g/mol. The van der Waals surface area contributed by atoms with Crippen LogP contribution in [0.3, 0.4) is 0 Å². The van der Waals surface area contributed by atoms with Crippen LogP contribution >= 0.6 is 11.3 Å². The molecule has 0 unspecified atom stereocenters. The largest absolute Gasteiger partial charge is 0.477 e. The third kappa shape index (κ3) is 1.36. The van der Waals surface area contributed by atoms with Crippen molar-refractivity contribution in [3.05, 3.63) is 22.7 Å². The fourth-order valence-corrected chi connectivity index (χ4v) is 3.04. The molecule has 0 aliphatic carbocycles. The van der Waals surface area contributed by atoms with E-state index in [1.807, 2.05) is 36.8 Å². The Morgan fingerprint density at radius 1 is 1.53 bits per heavy atom. The summed E-state index contributed by atoms with van der Waals surface area (Å²) >= 11 is 1.59. The van der Waals surface area contributed by atoms with Crippen LogP contribution in [0.25, 0.3) is 10.2 Å². The van der Waals surface area contributed by atoms with Crippen molar-refractivity contribution in [2.75, 3.05) is 0 Å². The smallest absolute Gasteiger partial charge is 0.352 e. The molecule has 2 aromatic rings. The van der Waals surface area contributed by atoms with Crippen molar-refractivity contribution in [3.8, 4) is 0 Å². The van der Waals surface area contributed by atoms with Crippen molar-refractivity contribution in [2.45, 2.75) is 26.8 Å². The minimum atomic E-state index is -0.843. The molecule has 0 amide bonds. The average molecular weight is 223 g/mol. The first kappa shape index (κ1) is 10.2. The summed E-state index contributed by atoms with van der Waals surface area (Å²) < 4.78 is 1.90. The van der Waals surface area contributed by atoms with Crippen LogP contribution in [0.4, 0.5) is 0 Å². The molecule has 0 radical (unpaired) electrons. The summed E-state index contributed by atoms with van der Waals surface area (Å²) in [6.45, 7) is 5.88. The lowest BCUT2D eigenvalue weighted by Crippen LogP contribution is -2.11. The van der Waals surface area contributed by atoms with Crippen LogP contribution in [0.1, 0.15) is 35.9 Å². The highest BCUT2D eigenvalue weighted by Gasteiger charge is 2.21. The Morgan fingerprint density at radius 2 is 2.20 bits per heavy atom.